The van der Waals surface area contributed by atoms with Gasteiger partial charge in [-0.2, -0.15) is 11.8 Å². The standard InChI is InChI=1S/C15H18N2OS/c16-8-2-5-12-4-1-6-13(10-12)15(18)17-14-7-3-9-19-11-14/h1,4,6,10,14H,3,7-9,11,16H2,(H,17,18). The molecule has 100 valence electrons. The molecule has 0 saturated carbocycles. The lowest BCUT2D eigenvalue weighted by Gasteiger charge is -2.22. The quantitative estimate of drug-likeness (QED) is 0.806. The van der Waals surface area contributed by atoms with Crippen molar-refractivity contribution in [2.24, 2.45) is 5.73 Å². The number of carbonyl (C=O) groups is 1. The first-order chi connectivity index (χ1) is 9.29. The highest BCUT2D eigenvalue weighted by atomic mass is 32.2. The number of carbonyl (C=O) groups excluding carboxylic acids is 1. The molecule has 19 heavy (non-hydrogen) atoms. The Morgan fingerprint density at radius 1 is 1.53 bits per heavy atom. The third-order valence-corrected chi connectivity index (χ3v) is 4.17. The first kappa shape index (κ1) is 14.0. The molecule has 1 unspecified atom stereocenters. The Hall–Kier alpha value is -1.44. The van der Waals surface area contributed by atoms with E-state index >= 15 is 0 Å². The van der Waals surface area contributed by atoms with E-state index in [-0.39, 0.29) is 5.91 Å². The molecule has 1 aliphatic rings. The van der Waals surface area contributed by atoms with Crippen molar-refractivity contribution >= 4 is 17.7 Å². The fraction of sp³-hybridized carbons (Fsp3) is 0.400. The lowest BCUT2D eigenvalue weighted by molar-refractivity contribution is 0.0938. The SMILES string of the molecule is NCC#Cc1cccc(C(=O)NC2CCCSC2)c1. The van der Waals surface area contributed by atoms with Gasteiger partial charge in [-0.05, 0) is 36.8 Å². The summed E-state index contributed by atoms with van der Waals surface area (Å²) in [6, 6.07) is 7.67. The Morgan fingerprint density at radius 3 is 3.16 bits per heavy atom. The van der Waals surface area contributed by atoms with Crippen LogP contribution in [-0.2, 0) is 0 Å². The van der Waals surface area contributed by atoms with Crippen LogP contribution in [0.2, 0.25) is 0 Å². The van der Waals surface area contributed by atoms with Crippen molar-refractivity contribution in [1.29, 1.82) is 0 Å². The van der Waals surface area contributed by atoms with Crippen molar-refractivity contribution in [3.8, 4) is 11.8 Å². The highest BCUT2D eigenvalue weighted by Gasteiger charge is 2.16. The summed E-state index contributed by atoms with van der Waals surface area (Å²) in [6.07, 6.45) is 2.25. The summed E-state index contributed by atoms with van der Waals surface area (Å²) in [5.41, 5.74) is 6.84. The van der Waals surface area contributed by atoms with Crippen LogP contribution in [0.5, 0.6) is 0 Å². The van der Waals surface area contributed by atoms with Crippen molar-refractivity contribution < 1.29 is 4.79 Å². The number of nitrogens with two attached hydrogens (primary N) is 1. The van der Waals surface area contributed by atoms with Gasteiger partial charge in [-0.3, -0.25) is 4.79 Å². The molecule has 3 N–H and O–H groups in total. The van der Waals surface area contributed by atoms with E-state index in [1.807, 2.05) is 36.0 Å². The molecule has 2 rings (SSSR count). The van der Waals surface area contributed by atoms with Gasteiger partial charge >= 0.3 is 0 Å². The fourth-order valence-electron chi connectivity index (χ4n) is 2.01. The predicted molar refractivity (Wildman–Crippen MR) is 80.2 cm³/mol. The van der Waals surface area contributed by atoms with E-state index in [0.29, 0.717) is 18.2 Å². The zero-order valence-electron chi connectivity index (χ0n) is 10.8. The van der Waals surface area contributed by atoms with E-state index in [9.17, 15) is 4.79 Å². The summed E-state index contributed by atoms with van der Waals surface area (Å²) in [5.74, 6) is 7.95. The summed E-state index contributed by atoms with van der Waals surface area (Å²) < 4.78 is 0. The molecule has 4 heteroatoms. The Labute approximate surface area is 118 Å². The molecule has 1 fully saturated rings. The Bertz CT molecular complexity index is 498. The van der Waals surface area contributed by atoms with Crippen molar-refractivity contribution in [2.75, 3.05) is 18.1 Å². The van der Waals surface area contributed by atoms with Gasteiger partial charge in [0.25, 0.3) is 5.91 Å². The molecule has 0 bridgehead atoms. The van der Waals surface area contributed by atoms with Crippen LogP contribution in [-0.4, -0.2) is 30.0 Å². The molecule has 1 atom stereocenters. The molecular formula is C15H18N2OS. The average molecular weight is 274 g/mol. The molecular weight excluding hydrogens is 256 g/mol. The zero-order valence-corrected chi connectivity index (χ0v) is 11.6. The van der Waals surface area contributed by atoms with Gasteiger partial charge in [0.05, 0.1) is 6.54 Å². The number of rotatable bonds is 2. The van der Waals surface area contributed by atoms with Crippen molar-refractivity contribution in [3.05, 3.63) is 35.4 Å². The lowest BCUT2D eigenvalue weighted by atomic mass is 10.1. The first-order valence-electron chi connectivity index (χ1n) is 6.47. The Balaban J connectivity index is 2.01. The van der Waals surface area contributed by atoms with Crippen LogP contribution >= 0.6 is 11.8 Å². The fourth-order valence-corrected chi connectivity index (χ4v) is 3.09. The minimum absolute atomic E-state index is 0.0103. The Morgan fingerprint density at radius 2 is 2.42 bits per heavy atom. The molecule has 0 spiro atoms. The normalized spacial score (nSPS) is 18.3. The minimum atomic E-state index is -0.0103. The minimum Gasteiger partial charge on any atom is -0.348 e. The smallest absolute Gasteiger partial charge is 0.251 e. The second-order valence-electron chi connectivity index (χ2n) is 4.47. The van der Waals surface area contributed by atoms with E-state index < -0.39 is 0 Å². The predicted octanol–water partition coefficient (Wildman–Crippen LogP) is 1.62. The second-order valence-corrected chi connectivity index (χ2v) is 5.62. The number of hydrogen-bond acceptors (Lipinski definition) is 3. The lowest BCUT2D eigenvalue weighted by Crippen LogP contribution is -2.38. The van der Waals surface area contributed by atoms with E-state index in [1.165, 1.54) is 12.2 Å². The van der Waals surface area contributed by atoms with Crippen molar-refractivity contribution in [1.82, 2.24) is 5.32 Å². The van der Waals surface area contributed by atoms with Crippen LogP contribution in [0.4, 0.5) is 0 Å². The number of nitrogens with one attached hydrogen (secondary N) is 1. The van der Waals surface area contributed by atoms with Gasteiger partial charge in [0.2, 0.25) is 0 Å². The van der Waals surface area contributed by atoms with E-state index in [2.05, 4.69) is 17.2 Å². The maximum absolute atomic E-state index is 12.1. The molecule has 1 aromatic rings. The number of hydrogen-bond donors (Lipinski definition) is 2. The van der Waals surface area contributed by atoms with Gasteiger partial charge in [-0.15, -0.1) is 0 Å². The van der Waals surface area contributed by atoms with Crippen LogP contribution in [0.3, 0.4) is 0 Å². The molecule has 0 aromatic heterocycles. The average Bonchev–Trinajstić information content (AvgIpc) is 2.46. The molecule has 1 aliphatic heterocycles. The molecule has 3 nitrogen and oxygen atoms in total. The van der Waals surface area contributed by atoms with E-state index in [0.717, 1.165) is 17.7 Å². The van der Waals surface area contributed by atoms with Crippen molar-refractivity contribution in [2.45, 2.75) is 18.9 Å². The van der Waals surface area contributed by atoms with Gasteiger partial charge < -0.3 is 11.1 Å². The molecule has 1 amide bonds. The second kappa shape index (κ2) is 7.22. The third kappa shape index (κ3) is 4.30. The highest BCUT2D eigenvalue weighted by Crippen LogP contribution is 2.17. The largest absolute Gasteiger partial charge is 0.348 e. The monoisotopic (exact) mass is 274 g/mol. The number of thioether (sulfide) groups is 1. The summed E-state index contributed by atoms with van der Waals surface area (Å²) in [5, 5.41) is 3.09. The number of amides is 1. The summed E-state index contributed by atoms with van der Waals surface area (Å²) >= 11 is 1.90. The van der Waals surface area contributed by atoms with Crippen LogP contribution in [0.1, 0.15) is 28.8 Å². The van der Waals surface area contributed by atoms with Crippen molar-refractivity contribution in [3.63, 3.8) is 0 Å². The van der Waals surface area contributed by atoms with E-state index in [1.54, 1.807) is 0 Å². The van der Waals surface area contributed by atoms with Gasteiger partial charge in [-0.25, -0.2) is 0 Å². The molecule has 1 heterocycles. The van der Waals surface area contributed by atoms with Crippen LogP contribution in [0.15, 0.2) is 24.3 Å². The zero-order chi connectivity index (χ0) is 13.5. The van der Waals surface area contributed by atoms with Crippen LogP contribution in [0, 0.1) is 11.8 Å². The molecule has 1 saturated heterocycles. The Kier molecular flexibility index (Phi) is 5.31. The third-order valence-electron chi connectivity index (χ3n) is 2.96. The molecule has 1 aromatic carbocycles. The summed E-state index contributed by atoms with van der Waals surface area (Å²) in [4.78, 5) is 12.1. The van der Waals surface area contributed by atoms with E-state index in [4.69, 9.17) is 5.73 Å². The summed E-state index contributed by atoms with van der Waals surface area (Å²) in [7, 11) is 0. The van der Waals surface area contributed by atoms with Gasteiger partial charge in [0, 0.05) is 22.9 Å². The van der Waals surface area contributed by atoms with Crippen LogP contribution < -0.4 is 11.1 Å². The number of benzene rings is 1. The maximum atomic E-state index is 12.1. The van der Waals surface area contributed by atoms with Crippen LogP contribution in [0.25, 0.3) is 0 Å². The molecule has 0 aliphatic carbocycles. The highest BCUT2D eigenvalue weighted by molar-refractivity contribution is 7.99. The topological polar surface area (TPSA) is 55.1 Å². The maximum Gasteiger partial charge on any atom is 0.251 e. The first-order valence-corrected chi connectivity index (χ1v) is 7.62. The van der Waals surface area contributed by atoms with Gasteiger partial charge in [0.1, 0.15) is 0 Å². The summed E-state index contributed by atoms with van der Waals surface area (Å²) in [6.45, 7) is 0.329. The van der Waals surface area contributed by atoms with Gasteiger partial charge in [-0.1, -0.05) is 17.9 Å². The van der Waals surface area contributed by atoms with Gasteiger partial charge in [0.15, 0.2) is 0 Å². The molecule has 0 radical (unpaired) electrons.